The maximum Gasteiger partial charge on any atom is 0.286 e. The molecule has 23 heavy (non-hydrogen) atoms. The molecule has 3 aromatic rings. The summed E-state index contributed by atoms with van der Waals surface area (Å²) in [5.41, 5.74) is 7.35. The Morgan fingerprint density at radius 2 is 1.74 bits per heavy atom. The average Bonchev–Trinajstić information content (AvgIpc) is 2.95. The molecule has 0 saturated carbocycles. The molecular formula is C17H14ClN3O2. The largest absolute Gasteiger partial charge is 0.350 e. The van der Waals surface area contributed by atoms with Gasteiger partial charge in [-0.2, -0.15) is 0 Å². The van der Waals surface area contributed by atoms with Crippen molar-refractivity contribution in [2.75, 3.05) is 0 Å². The highest BCUT2D eigenvalue weighted by Crippen LogP contribution is 2.17. The zero-order valence-electron chi connectivity index (χ0n) is 12.3. The minimum atomic E-state index is -0.476. The molecule has 0 fully saturated rings. The van der Waals surface area contributed by atoms with Crippen molar-refractivity contribution in [3.05, 3.63) is 70.4 Å². The number of halogens is 1. The first-order chi connectivity index (χ1) is 11.0. The van der Waals surface area contributed by atoms with Crippen molar-refractivity contribution < 1.29 is 9.59 Å². The molecule has 5 nitrogen and oxygen atoms in total. The number of carbonyl (C=O) groups excluding carboxylic acids is 2. The lowest BCUT2D eigenvalue weighted by atomic mass is 10.2. The van der Waals surface area contributed by atoms with E-state index in [1.54, 1.807) is 30.3 Å². The van der Waals surface area contributed by atoms with Crippen LogP contribution in [0.15, 0.2) is 48.5 Å². The van der Waals surface area contributed by atoms with Gasteiger partial charge in [-0.15, -0.1) is 0 Å². The third kappa shape index (κ3) is 3.19. The van der Waals surface area contributed by atoms with Crippen LogP contribution in [0.4, 0.5) is 0 Å². The SMILES string of the molecule is Cc1ccc2cc(C(=O)NNC(=O)c3ccccc3Cl)[nH]c2c1. The molecule has 0 saturated heterocycles. The monoisotopic (exact) mass is 327 g/mol. The Bertz CT molecular complexity index is 902. The van der Waals surface area contributed by atoms with E-state index in [1.807, 2.05) is 25.1 Å². The van der Waals surface area contributed by atoms with Gasteiger partial charge in [0.05, 0.1) is 10.6 Å². The fourth-order valence-corrected chi connectivity index (χ4v) is 2.48. The molecule has 116 valence electrons. The lowest BCUT2D eigenvalue weighted by Crippen LogP contribution is -2.41. The van der Waals surface area contributed by atoms with Crippen molar-refractivity contribution >= 4 is 34.3 Å². The van der Waals surface area contributed by atoms with Gasteiger partial charge < -0.3 is 4.98 Å². The Kier molecular flexibility index (Phi) is 4.04. The lowest BCUT2D eigenvalue weighted by molar-refractivity contribution is 0.0844. The van der Waals surface area contributed by atoms with Gasteiger partial charge >= 0.3 is 0 Å². The van der Waals surface area contributed by atoms with E-state index in [1.165, 1.54) is 0 Å². The molecule has 0 atom stereocenters. The van der Waals surface area contributed by atoms with Gasteiger partial charge in [-0.25, -0.2) is 0 Å². The number of rotatable bonds is 2. The standard InChI is InChI=1S/C17H14ClN3O2/c1-10-6-7-11-9-15(19-14(11)8-10)17(23)21-20-16(22)12-4-2-3-5-13(12)18/h2-9,19H,1H3,(H,20,22)(H,21,23). The van der Waals surface area contributed by atoms with Crippen LogP contribution in [0.25, 0.3) is 10.9 Å². The van der Waals surface area contributed by atoms with Gasteiger partial charge in [0.25, 0.3) is 11.8 Å². The number of nitrogens with one attached hydrogen (secondary N) is 3. The fraction of sp³-hybridized carbons (Fsp3) is 0.0588. The summed E-state index contributed by atoms with van der Waals surface area (Å²) in [4.78, 5) is 27.1. The molecule has 1 aromatic heterocycles. The van der Waals surface area contributed by atoms with Crippen LogP contribution in [0.5, 0.6) is 0 Å². The Morgan fingerprint density at radius 3 is 2.52 bits per heavy atom. The normalized spacial score (nSPS) is 10.5. The van der Waals surface area contributed by atoms with Gasteiger partial charge in [0.2, 0.25) is 0 Å². The number of hydrazine groups is 1. The number of carbonyl (C=O) groups is 2. The summed E-state index contributed by atoms with van der Waals surface area (Å²) in [7, 11) is 0. The quantitative estimate of drug-likeness (QED) is 0.632. The average molecular weight is 328 g/mol. The first kappa shape index (κ1) is 15.1. The van der Waals surface area contributed by atoms with Gasteiger partial charge in [-0.3, -0.25) is 20.4 Å². The van der Waals surface area contributed by atoms with Crippen molar-refractivity contribution in [1.82, 2.24) is 15.8 Å². The first-order valence-corrected chi connectivity index (χ1v) is 7.37. The van der Waals surface area contributed by atoms with Crippen molar-refractivity contribution in [3.63, 3.8) is 0 Å². The van der Waals surface area contributed by atoms with Crippen LogP contribution < -0.4 is 10.9 Å². The third-order valence-electron chi connectivity index (χ3n) is 3.43. The minimum Gasteiger partial charge on any atom is -0.350 e. The summed E-state index contributed by atoms with van der Waals surface area (Å²) in [5.74, 6) is -0.907. The summed E-state index contributed by atoms with van der Waals surface area (Å²) in [6, 6.07) is 14.2. The van der Waals surface area contributed by atoms with E-state index in [-0.39, 0.29) is 0 Å². The van der Waals surface area contributed by atoms with Gasteiger partial charge in [-0.1, -0.05) is 35.9 Å². The van der Waals surface area contributed by atoms with E-state index >= 15 is 0 Å². The van der Waals surface area contributed by atoms with Gasteiger partial charge in [0.1, 0.15) is 5.69 Å². The highest BCUT2D eigenvalue weighted by Gasteiger charge is 2.13. The summed E-state index contributed by atoms with van der Waals surface area (Å²) < 4.78 is 0. The van der Waals surface area contributed by atoms with Gasteiger partial charge in [-0.05, 0) is 36.8 Å². The van der Waals surface area contributed by atoms with E-state index in [9.17, 15) is 9.59 Å². The van der Waals surface area contributed by atoms with Crippen LogP contribution in [0.1, 0.15) is 26.4 Å². The molecule has 0 aliphatic carbocycles. The number of hydrogen-bond donors (Lipinski definition) is 3. The zero-order chi connectivity index (χ0) is 16.4. The van der Waals surface area contributed by atoms with Gasteiger partial charge in [0.15, 0.2) is 0 Å². The molecular weight excluding hydrogens is 314 g/mol. The number of fused-ring (bicyclic) bond motifs is 1. The number of aromatic nitrogens is 1. The van der Waals surface area contributed by atoms with Crippen molar-refractivity contribution in [1.29, 1.82) is 0 Å². The summed E-state index contributed by atoms with van der Waals surface area (Å²) in [6.07, 6.45) is 0. The van der Waals surface area contributed by atoms with Crippen LogP contribution in [0.3, 0.4) is 0 Å². The Morgan fingerprint density at radius 1 is 1.00 bits per heavy atom. The summed E-state index contributed by atoms with van der Waals surface area (Å²) in [6.45, 7) is 1.98. The van der Waals surface area contributed by atoms with Crippen LogP contribution in [-0.2, 0) is 0 Å². The lowest BCUT2D eigenvalue weighted by Gasteiger charge is -2.07. The molecule has 0 unspecified atom stereocenters. The second-order valence-corrected chi connectivity index (χ2v) is 5.57. The molecule has 2 amide bonds. The zero-order valence-corrected chi connectivity index (χ0v) is 13.1. The smallest absolute Gasteiger partial charge is 0.286 e. The maximum absolute atomic E-state index is 12.1. The van der Waals surface area contributed by atoms with E-state index in [4.69, 9.17) is 11.6 Å². The maximum atomic E-state index is 12.1. The molecule has 0 aliphatic rings. The number of aromatic amines is 1. The second kappa shape index (κ2) is 6.14. The molecule has 3 N–H and O–H groups in total. The molecule has 1 heterocycles. The highest BCUT2D eigenvalue weighted by molar-refractivity contribution is 6.33. The summed E-state index contributed by atoms with van der Waals surface area (Å²) >= 11 is 5.94. The van der Waals surface area contributed by atoms with Crippen molar-refractivity contribution in [3.8, 4) is 0 Å². The number of hydrogen-bond acceptors (Lipinski definition) is 2. The van der Waals surface area contributed by atoms with Crippen molar-refractivity contribution in [2.24, 2.45) is 0 Å². The molecule has 0 aliphatic heterocycles. The second-order valence-electron chi connectivity index (χ2n) is 5.16. The first-order valence-electron chi connectivity index (χ1n) is 6.99. The number of aryl methyl sites for hydroxylation is 1. The highest BCUT2D eigenvalue weighted by atomic mass is 35.5. The van der Waals surface area contributed by atoms with Crippen LogP contribution in [0.2, 0.25) is 5.02 Å². The minimum absolute atomic E-state index is 0.293. The third-order valence-corrected chi connectivity index (χ3v) is 3.76. The summed E-state index contributed by atoms with van der Waals surface area (Å²) in [5, 5.41) is 1.25. The molecule has 0 bridgehead atoms. The van der Waals surface area contributed by atoms with Crippen LogP contribution in [-0.4, -0.2) is 16.8 Å². The molecule has 6 heteroatoms. The Balaban J connectivity index is 1.71. The number of benzene rings is 2. The number of amides is 2. The van der Waals surface area contributed by atoms with Crippen LogP contribution in [0, 0.1) is 6.92 Å². The molecule has 2 aromatic carbocycles. The Hall–Kier alpha value is -2.79. The van der Waals surface area contributed by atoms with E-state index < -0.39 is 11.8 Å². The van der Waals surface area contributed by atoms with E-state index in [0.29, 0.717) is 16.3 Å². The van der Waals surface area contributed by atoms with E-state index in [2.05, 4.69) is 15.8 Å². The van der Waals surface area contributed by atoms with E-state index in [0.717, 1.165) is 16.5 Å². The van der Waals surface area contributed by atoms with Gasteiger partial charge in [0, 0.05) is 10.9 Å². The molecule has 0 spiro atoms. The predicted octanol–water partition coefficient (Wildman–Crippen LogP) is 3.20. The number of H-pyrrole nitrogens is 1. The Labute approximate surface area is 137 Å². The molecule has 0 radical (unpaired) electrons. The van der Waals surface area contributed by atoms with Crippen LogP contribution >= 0.6 is 11.6 Å². The fourth-order valence-electron chi connectivity index (χ4n) is 2.26. The topological polar surface area (TPSA) is 74.0 Å². The predicted molar refractivity (Wildman–Crippen MR) is 89.4 cm³/mol. The molecule has 3 rings (SSSR count). The van der Waals surface area contributed by atoms with Crippen molar-refractivity contribution in [2.45, 2.75) is 6.92 Å².